The second-order valence-corrected chi connectivity index (χ2v) is 7.49. The summed E-state index contributed by atoms with van der Waals surface area (Å²) >= 11 is 4.36. The Balaban J connectivity index is 2.64. The first-order chi connectivity index (χ1) is 5.41. The third-order valence-electron chi connectivity index (χ3n) is 1.55. The predicted octanol–water partition coefficient (Wildman–Crippen LogP) is 0.827. The van der Waals surface area contributed by atoms with E-state index in [1.807, 2.05) is 0 Å². The van der Waals surface area contributed by atoms with Gasteiger partial charge in [-0.15, -0.1) is 0 Å². The van der Waals surface area contributed by atoms with Crippen molar-refractivity contribution in [3.8, 4) is 0 Å². The van der Waals surface area contributed by atoms with Crippen LogP contribution >= 0.6 is 27.7 Å². The number of hydrogen-bond donors (Lipinski definition) is 0. The van der Waals surface area contributed by atoms with Crippen molar-refractivity contribution in [2.45, 2.75) is 17.0 Å². The molecule has 0 spiro atoms. The van der Waals surface area contributed by atoms with Gasteiger partial charge in [0.25, 0.3) is 0 Å². The van der Waals surface area contributed by atoms with Gasteiger partial charge in [0, 0.05) is 17.0 Å². The lowest BCUT2D eigenvalue weighted by molar-refractivity contribution is -0.109. The molecule has 70 valence electrons. The van der Waals surface area contributed by atoms with Crippen LogP contribution in [0.5, 0.6) is 0 Å². The van der Waals surface area contributed by atoms with Gasteiger partial charge in [-0.1, -0.05) is 27.7 Å². The SMILES string of the molecule is CC(=O)S[C@@H]1CS(=O)(=O)C[C@@H]1Br. The van der Waals surface area contributed by atoms with Crippen molar-refractivity contribution in [2.75, 3.05) is 11.5 Å². The van der Waals surface area contributed by atoms with Crippen LogP contribution in [-0.2, 0) is 14.6 Å². The highest BCUT2D eigenvalue weighted by Crippen LogP contribution is 2.29. The van der Waals surface area contributed by atoms with Gasteiger partial charge in [0.15, 0.2) is 15.0 Å². The Morgan fingerprint density at radius 1 is 1.50 bits per heavy atom. The number of thioether (sulfide) groups is 1. The van der Waals surface area contributed by atoms with E-state index in [4.69, 9.17) is 0 Å². The molecule has 0 aromatic carbocycles. The first-order valence-corrected chi connectivity index (χ1v) is 7.04. The van der Waals surface area contributed by atoms with E-state index in [1.165, 1.54) is 6.92 Å². The number of rotatable bonds is 1. The number of hydrogen-bond acceptors (Lipinski definition) is 4. The summed E-state index contributed by atoms with van der Waals surface area (Å²) in [4.78, 5) is 10.6. The van der Waals surface area contributed by atoms with Crippen LogP contribution in [0.1, 0.15) is 6.92 Å². The van der Waals surface area contributed by atoms with Crippen molar-refractivity contribution < 1.29 is 13.2 Å². The molecular weight excluding hydrogens is 264 g/mol. The molecule has 12 heavy (non-hydrogen) atoms. The summed E-state index contributed by atoms with van der Waals surface area (Å²) in [5, 5.41) is -0.131. The van der Waals surface area contributed by atoms with Crippen LogP contribution < -0.4 is 0 Å². The summed E-state index contributed by atoms with van der Waals surface area (Å²) in [6, 6.07) is 0. The number of halogens is 1. The Kier molecular flexibility index (Phi) is 3.22. The number of alkyl halides is 1. The quantitative estimate of drug-likeness (QED) is 0.664. The van der Waals surface area contributed by atoms with E-state index in [0.717, 1.165) is 11.8 Å². The second kappa shape index (κ2) is 3.67. The summed E-state index contributed by atoms with van der Waals surface area (Å²) in [6.07, 6.45) is 0. The first-order valence-electron chi connectivity index (χ1n) is 3.42. The van der Waals surface area contributed by atoms with E-state index >= 15 is 0 Å². The molecule has 0 N–H and O–H groups in total. The van der Waals surface area contributed by atoms with Crippen LogP contribution in [0.3, 0.4) is 0 Å². The van der Waals surface area contributed by atoms with Gasteiger partial charge in [0.1, 0.15) is 0 Å². The molecule has 1 heterocycles. The minimum Gasteiger partial charge on any atom is -0.288 e. The van der Waals surface area contributed by atoms with Gasteiger partial charge in [0.2, 0.25) is 0 Å². The van der Waals surface area contributed by atoms with Crippen molar-refractivity contribution in [3.63, 3.8) is 0 Å². The third kappa shape index (κ3) is 2.74. The molecule has 2 atom stereocenters. The molecule has 0 aliphatic carbocycles. The number of sulfone groups is 1. The average Bonchev–Trinajstić information content (AvgIpc) is 2.03. The van der Waals surface area contributed by atoms with E-state index in [1.54, 1.807) is 0 Å². The highest BCUT2D eigenvalue weighted by atomic mass is 79.9. The maximum Gasteiger partial charge on any atom is 0.186 e. The Morgan fingerprint density at radius 2 is 2.08 bits per heavy atom. The normalized spacial score (nSPS) is 33.5. The molecule has 3 nitrogen and oxygen atoms in total. The molecule has 0 aromatic rings. The molecule has 0 saturated carbocycles. The van der Waals surface area contributed by atoms with E-state index in [-0.39, 0.29) is 26.7 Å². The molecule has 0 amide bonds. The van der Waals surface area contributed by atoms with Crippen LogP contribution in [-0.4, -0.2) is 35.1 Å². The Labute approximate surface area is 84.3 Å². The van der Waals surface area contributed by atoms with E-state index in [0.29, 0.717) is 0 Å². The Bertz CT molecular complexity index is 285. The lowest BCUT2D eigenvalue weighted by Crippen LogP contribution is -2.15. The van der Waals surface area contributed by atoms with Gasteiger partial charge in [0.05, 0.1) is 11.5 Å². The Morgan fingerprint density at radius 3 is 2.42 bits per heavy atom. The molecule has 0 aromatic heterocycles. The largest absolute Gasteiger partial charge is 0.288 e. The van der Waals surface area contributed by atoms with Crippen LogP contribution in [0, 0.1) is 0 Å². The maximum absolute atomic E-state index is 11.1. The molecule has 1 fully saturated rings. The maximum atomic E-state index is 11.1. The number of carbonyl (C=O) groups is 1. The van der Waals surface area contributed by atoms with Gasteiger partial charge in [-0.2, -0.15) is 0 Å². The monoisotopic (exact) mass is 272 g/mol. The number of carbonyl (C=O) groups excluding carboxylic acids is 1. The zero-order chi connectivity index (χ0) is 9.35. The third-order valence-corrected chi connectivity index (χ3v) is 6.37. The van der Waals surface area contributed by atoms with Crippen LogP contribution in [0.25, 0.3) is 0 Å². The van der Waals surface area contributed by atoms with Gasteiger partial charge in [-0.05, 0) is 0 Å². The smallest absolute Gasteiger partial charge is 0.186 e. The van der Waals surface area contributed by atoms with Crippen LogP contribution in [0.4, 0.5) is 0 Å². The summed E-state index contributed by atoms with van der Waals surface area (Å²) in [5.41, 5.74) is 0. The van der Waals surface area contributed by atoms with Crippen molar-refractivity contribution >= 4 is 42.6 Å². The molecule has 0 bridgehead atoms. The molecule has 6 heteroatoms. The van der Waals surface area contributed by atoms with E-state index < -0.39 is 9.84 Å². The molecule has 1 saturated heterocycles. The van der Waals surface area contributed by atoms with Gasteiger partial charge in [-0.3, -0.25) is 4.79 Å². The first kappa shape index (κ1) is 10.5. The van der Waals surface area contributed by atoms with E-state index in [2.05, 4.69) is 15.9 Å². The van der Waals surface area contributed by atoms with Gasteiger partial charge < -0.3 is 0 Å². The average molecular weight is 273 g/mol. The Hall–Kier alpha value is 0.450. The van der Waals surface area contributed by atoms with Gasteiger partial charge >= 0.3 is 0 Å². The summed E-state index contributed by atoms with van der Waals surface area (Å²) in [5.74, 6) is 0.269. The summed E-state index contributed by atoms with van der Waals surface area (Å²) in [7, 11) is -2.91. The van der Waals surface area contributed by atoms with Crippen molar-refractivity contribution in [2.24, 2.45) is 0 Å². The zero-order valence-corrected chi connectivity index (χ0v) is 9.71. The van der Waals surface area contributed by atoms with Crippen LogP contribution in [0.15, 0.2) is 0 Å². The van der Waals surface area contributed by atoms with Gasteiger partial charge in [-0.25, -0.2) is 8.42 Å². The van der Waals surface area contributed by atoms with Crippen molar-refractivity contribution in [1.82, 2.24) is 0 Å². The van der Waals surface area contributed by atoms with E-state index in [9.17, 15) is 13.2 Å². The van der Waals surface area contributed by atoms with Crippen molar-refractivity contribution in [1.29, 1.82) is 0 Å². The fourth-order valence-electron chi connectivity index (χ4n) is 1.09. The fraction of sp³-hybridized carbons (Fsp3) is 0.833. The summed E-state index contributed by atoms with van der Waals surface area (Å²) in [6.45, 7) is 1.45. The topological polar surface area (TPSA) is 51.2 Å². The molecule has 0 radical (unpaired) electrons. The highest BCUT2D eigenvalue weighted by Gasteiger charge is 2.37. The fourth-order valence-corrected chi connectivity index (χ4v) is 6.33. The minimum atomic E-state index is -2.91. The van der Waals surface area contributed by atoms with Crippen molar-refractivity contribution in [3.05, 3.63) is 0 Å². The lowest BCUT2D eigenvalue weighted by Gasteiger charge is -2.07. The molecule has 1 aliphatic heterocycles. The minimum absolute atomic E-state index is 0.0263. The molecule has 1 aliphatic rings. The lowest BCUT2D eigenvalue weighted by atomic mass is 10.4. The summed E-state index contributed by atoms with van der Waals surface area (Å²) < 4.78 is 22.2. The standard InChI is InChI=1S/C6H9BrO3S2/c1-4(8)11-6-3-12(9,10)2-5(6)7/h5-6H,2-3H2,1H3/t5-,6+/m0/s1. The highest BCUT2D eigenvalue weighted by molar-refractivity contribution is 9.09. The molecular formula is C6H9BrO3S2. The molecule has 1 rings (SSSR count). The second-order valence-electron chi connectivity index (χ2n) is 2.74. The van der Waals surface area contributed by atoms with Crippen LogP contribution in [0.2, 0.25) is 0 Å². The molecule has 0 unspecified atom stereocenters. The predicted molar refractivity (Wildman–Crippen MR) is 53.4 cm³/mol. The zero-order valence-electron chi connectivity index (χ0n) is 6.49.